The molecular formula is C14H16N6O2S. The van der Waals surface area contributed by atoms with Gasteiger partial charge in [0.25, 0.3) is 0 Å². The smallest absolute Gasteiger partial charge is 0.214 e. The van der Waals surface area contributed by atoms with E-state index in [-0.39, 0.29) is 0 Å². The Morgan fingerprint density at radius 2 is 2.09 bits per heavy atom. The molecule has 0 saturated heterocycles. The lowest BCUT2D eigenvalue weighted by atomic mass is 10.3. The molecule has 0 amide bonds. The summed E-state index contributed by atoms with van der Waals surface area (Å²) in [4.78, 5) is 4.30. The van der Waals surface area contributed by atoms with Gasteiger partial charge in [-0.05, 0) is 22.6 Å². The largest absolute Gasteiger partial charge is 0.497 e. The molecule has 8 nitrogen and oxygen atoms in total. The average molecular weight is 332 g/mol. The maximum Gasteiger partial charge on any atom is 0.214 e. The van der Waals surface area contributed by atoms with Gasteiger partial charge >= 0.3 is 0 Å². The van der Waals surface area contributed by atoms with Gasteiger partial charge in [-0.2, -0.15) is 4.68 Å². The Bertz CT molecular complexity index is 800. The average Bonchev–Trinajstić information content (AvgIpc) is 3.20. The topological polar surface area (TPSA) is 79.9 Å². The standard InChI is InChI=1S/C14H16N6O2S/c1-19-7-6-15-13(19)9-23-14-16-17-18-20(14)11-8-10(21-2)4-5-12(11)22-3/h4-8H,9H2,1-3H3. The van der Waals surface area contributed by atoms with Crippen LogP contribution >= 0.6 is 11.8 Å². The highest BCUT2D eigenvalue weighted by molar-refractivity contribution is 7.98. The zero-order chi connectivity index (χ0) is 16.2. The number of aromatic nitrogens is 6. The van der Waals surface area contributed by atoms with E-state index < -0.39 is 0 Å². The summed E-state index contributed by atoms with van der Waals surface area (Å²) in [7, 11) is 5.18. The number of aryl methyl sites for hydroxylation is 1. The lowest BCUT2D eigenvalue weighted by Crippen LogP contribution is -2.03. The third-order valence-corrected chi connectivity index (χ3v) is 4.22. The van der Waals surface area contributed by atoms with Crippen molar-refractivity contribution in [1.82, 2.24) is 29.8 Å². The van der Waals surface area contributed by atoms with E-state index in [1.807, 2.05) is 36.0 Å². The maximum absolute atomic E-state index is 5.40. The van der Waals surface area contributed by atoms with E-state index in [4.69, 9.17) is 9.47 Å². The molecule has 0 saturated carbocycles. The lowest BCUT2D eigenvalue weighted by molar-refractivity contribution is 0.399. The molecule has 9 heteroatoms. The fourth-order valence-electron chi connectivity index (χ4n) is 2.05. The Kier molecular flexibility index (Phi) is 4.47. The minimum atomic E-state index is 0.652. The number of rotatable bonds is 6. The zero-order valence-electron chi connectivity index (χ0n) is 13.0. The Labute approximate surface area is 137 Å². The van der Waals surface area contributed by atoms with Crippen LogP contribution in [0.3, 0.4) is 0 Å². The molecule has 2 aromatic heterocycles. The van der Waals surface area contributed by atoms with Crippen molar-refractivity contribution in [2.24, 2.45) is 7.05 Å². The van der Waals surface area contributed by atoms with Crippen molar-refractivity contribution in [3.8, 4) is 17.2 Å². The van der Waals surface area contributed by atoms with Crippen molar-refractivity contribution in [3.05, 3.63) is 36.4 Å². The molecule has 3 aromatic rings. The summed E-state index contributed by atoms with van der Waals surface area (Å²) in [5, 5.41) is 12.6. The van der Waals surface area contributed by atoms with Crippen LogP contribution in [0.5, 0.6) is 11.5 Å². The highest BCUT2D eigenvalue weighted by atomic mass is 32.2. The second-order valence-corrected chi connectivity index (χ2v) is 5.60. The van der Waals surface area contributed by atoms with Gasteiger partial charge in [-0.25, -0.2) is 4.98 Å². The van der Waals surface area contributed by atoms with E-state index in [9.17, 15) is 0 Å². The van der Waals surface area contributed by atoms with Gasteiger partial charge in [-0.15, -0.1) is 5.10 Å². The van der Waals surface area contributed by atoms with Crippen LogP contribution in [0.25, 0.3) is 5.69 Å². The Balaban J connectivity index is 1.90. The molecule has 0 fully saturated rings. The quantitative estimate of drug-likeness (QED) is 0.636. The van der Waals surface area contributed by atoms with Crippen molar-refractivity contribution in [2.75, 3.05) is 14.2 Å². The van der Waals surface area contributed by atoms with Crippen LogP contribution in [-0.4, -0.2) is 44.0 Å². The molecule has 0 N–H and O–H groups in total. The molecule has 0 radical (unpaired) electrons. The van der Waals surface area contributed by atoms with E-state index in [2.05, 4.69) is 20.5 Å². The number of hydrogen-bond donors (Lipinski definition) is 0. The molecule has 2 heterocycles. The first-order valence-electron chi connectivity index (χ1n) is 6.82. The number of thioether (sulfide) groups is 1. The Morgan fingerprint density at radius 3 is 2.78 bits per heavy atom. The molecule has 0 aliphatic heterocycles. The first kappa shape index (κ1) is 15.3. The summed E-state index contributed by atoms with van der Waals surface area (Å²) in [6.45, 7) is 0. The van der Waals surface area contributed by atoms with Crippen molar-refractivity contribution in [3.63, 3.8) is 0 Å². The first-order valence-corrected chi connectivity index (χ1v) is 7.81. The SMILES string of the molecule is COc1ccc(OC)c(-n2nnnc2SCc2nccn2C)c1. The highest BCUT2D eigenvalue weighted by Crippen LogP contribution is 2.30. The van der Waals surface area contributed by atoms with Crippen LogP contribution in [-0.2, 0) is 12.8 Å². The van der Waals surface area contributed by atoms with Gasteiger partial charge in [-0.3, -0.25) is 0 Å². The third-order valence-electron chi connectivity index (χ3n) is 3.31. The third kappa shape index (κ3) is 3.14. The van der Waals surface area contributed by atoms with Gasteiger partial charge in [0.05, 0.1) is 20.0 Å². The van der Waals surface area contributed by atoms with Gasteiger partial charge in [0.2, 0.25) is 5.16 Å². The van der Waals surface area contributed by atoms with Crippen LogP contribution in [0.15, 0.2) is 35.7 Å². The second kappa shape index (κ2) is 6.69. The van der Waals surface area contributed by atoms with Crippen molar-refractivity contribution >= 4 is 11.8 Å². The predicted molar refractivity (Wildman–Crippen MR) is 85.0 cm³/mol. The summed E-state index contributed by atoms with van der Waals surface area (Å²) in [5.41, 5.74) is 0.721. The summed E-state index contributed by atoms with van der Waals surface area (Å²) < 4.78 is 14.3. The zero-order valence-corrected chi connectivity index (χ0v) is 13.8. The van der Waals surface area contributed by atoms with Crippen LogP contribution in [0, 0.1) is 0 Å². The molecule has 23 heavy (non-hydrogen) atoms. The second-order valence-electron chi connectivity index (χ2n) is 4.65. The number of ether oxygens (including phenoxy) is 2. The van der Waals surface area contributed by atoms with Crippen molar-refractivity contribution < 1.29 is 9.47 Å². The minimum Gasteiger partial charge on any atom is -0.497 e. The number of imidazole rings is 1. The van der Waals surface area contributed by atoms with Crippen LogP contribution in [0.1, 0.15) is 5.82 Å². The monoisotopic (exact) mass is 332 g/mol. The van der Waals surface area contributed by atoms with E-state index in [0.717, 1.165) is 11.5 Å². The van der Waals surface area contributed by atoms with Crippen LogP contribution in [0.4, 0.5) is 0 Å². The molecule has 3 rings (SSSR count). The fraction of sp³-hybridized carbons (Fsp3) is 0.286. The molecule has 0 spiro atoms. The number of benzene rings is 1. The normalized spacial score (nSPS) is 10.7. The number of tetrazole rings is 1. The molecule has 0 unspecified atom stereocenters. The molecule has 1 aromatic carbocycles. The summed E-state index contributed by atoms with van der Waals surface area (Å²) in [6, 6.07) is 5.48. The van der Waals surface area contributed by atoms with Crippen molar-refractivity contribution in [2.45, 2.75) is 10.9 Å². The van der Waals surface area contributed by atoms with Crippen LogP contribution in [0.2, 0.25) is 0 Å². The lowest BCUT2D eigenvalue weighted by Gasteiger charge is -2.11. The number of methoxy groups -OCH3 is 2. The molecule has 0 aliphatic carbocycles. The molecule has 0 atom stereocenters. The molecule has 0 aliphatic rings. The molecule has 0 bridgehead atoms. The minimum absolute atomic E-state index is 0.652. The molecule has 120 valence electrons. The van der Waals surface area contributed by atoms with E-state index in [1.165, 1.54) is 11.8 Å². The summed E-state index contributed by atoms with van der Waals surface area (Å²) in [6.07, 6.45) is 3.67. The van der Waals surface area contributed by atoms with E-state index >= 15 is 0 Å². The predicted octanol–water partition coefficient (Wildman–Crippen LogP) is 1.71. The van der Waals surface area contributed by atoms with E-state index in [0.29, 0.717) is 22.4 Å². The number of hydrogen-bond acceptors (Lipinski definition) is 7. The van der Waals surface area contributed by atoms with Gasteiger partial charge in [0.1, 0.15) is 23.0 Å². The van der Waals surface area contributed by atoms with Gasteiger partial charge in [0.15, 0.2) is 0 Å². The Hall–Kier alpha value is -2.55. The highest BCUT2D eigenvalue weighted by Gasteiger charge is 2.15. The fourth-order valence-corrected chi connectivity index (χ4v) is 2.93. The Morgan fingerprint density at radius 1 is 1.22 bits per heavy atom. The van der Waals surface area contributed by atoms with Gasteiger partial charge in [-0.1, -0.05) is 11.8 Å². The summed E-state index contributed by atoms with van der Waals surface area (Å²) in [5.74, 6) is 2.98. The van der Waals surface area contributed by atoms with Gasteiger partial charge in [0, 0.05) is 25.5 Å². The number of nitrogens with zero attached hydrogens (tertiary/aromatic N) is 6. The van der Waals surface area contributed by atoms with Crippen molar-refractivity contribution in [1.29, 1.82) is 0 Å². The van der Waals surface area contributed by atoms with Crippen LogP contribution < -0.4 is 9.47 Å². The maximum atomic E-state index is 5.40. The first-order chi connectivity index (χ1) is 11.2. The molecular weight excluding hydrogens is 316 g/mol. The van der Waals surface area contributed by atoms with E-state index in [1.54, 1.807) is 25.1 Å². The van der Waals surface area contributed by atoms with Gasteiger partial charge < -0.3 is 14.0 Å². The summed E-state index contributed by atoms with van der Waals surface area (Å²) >= 11 is 1.50.